The highest BCUT2D eigenvalue weighted by atomic mass is 32.2. The van der Waals surface area contributed by atoms with Crippen molar-refractivity contribution in [1.29, 1.82) is 5.26 Å². The van der Waals surface area contributed by atoms with Gasteiger partial charge in [0.25, 0.3) is 0 Å². The van der Waals surface area contributed by atoms with Crippen LogP contribution in [0, 0.1) is 11.3 Å². The number of hydrogen-bond donors (Lipinski definition) is 1. The number of carbonyl (C=O) groups is 1. The van der Waals surface area contributed by atoms with Crippen LogP contribution in [0.5, 0.6) is 0 Å². The molecule has 3 aromatic heterocycles. The number of rotatable bonds is 8. The Morgan fingerprint density at radius 1 is 1.35 bits per heavy atom. The van der Waals surface area contributed by atoms with E-state index in [1.54, 1.807) is 37.6 Å². The molecule has 0 spiro atoms. The highest BCUT2D eigenvalue weighted by Gasteiger charge is 2.27. The smallest absolute Gasteiger partial charge is 0.304 e. The summed E-state index contributed by atoms with van der Waals surface area (Å²) in [6.07, 6.45) is 5.07. The number of hydrogen-bond acceptors (Lipinski definition) is 7. The molecule has 0 aliphatic carbocycles. The van der Waals surface area contributed by atoms with Crippen molar-refractivity contribution in [2.45, 2.75) is 42.4 Å². The molecular weight excluding hydrogens is 436 g/mol. The highest BCUT2D eigenvalue weighted by molar-refractivity contribution is 7.99. The summed E-state index contributed by atoms with van der Waals surface area (Å²) in [7, 11) is -3.61. The molecule has 0 bridgehead atoms. The summed E-state index contributed by atoms with van der Waals surface area (Å²) in [6, 6.07) is 7.35. The minimum atomic E-state index is -3.61. The third-order valence-electron chi connectivity index (χ3n) is 4.83. The average molecular weight is 459 g/mol. The molecule has 162 valence electrons. The molecule has 0 saturated carbocycles. The quantitative estimate of drug-likeness (QED) is 0.508. The van der Waals surface area contributed by atoms with Crippen LogP contribution in [0.15, 0.2) is 46.6 Å². The minimum Gasteiger partial charge on any atom is -0.481 e. The van der Waals surface area contributed by atoms with Gasteiger partial charge in [-0.25, -0.2) is 13.4 Å². The first-order valence-electron chi connectivity index (χ1n) is 9.55. The number of carboxylic acids is 1. The molecule has 0 radical (unpaired) electrons. The van der Waals surface area contributed by atoms with E-state index in [0.717, 1.165) is 4.90 Å². The first-order chi connectivity index (χ1) is 14.6. The lowest BCUT2D eigenvalue weighted by Crippen LogP contribution is -2.16. The van der Waals surface area contributed by atoms with Gasteiger partial charge in [0.05, 0.1) is 28.6 Å². The normalized spacial score (nSPS) is 12.1. The summed E-state index contributed by atoms with van der Waals surface area (Å²) < 4.78 is 27.4. The molecule has 3 heterocycles. The van der Waals surface area contributed by atoms with E-state index in [9.17, 15) is 18.5 Å². The van der Waals surface area contributed by atoms with Crippen molar-refractivity contribution in [3.05, 3.63) is 42.4 Å². The third-order valence-corrected chi connectivity index (χ3v) is 7.56. The van der Waals surface area contributed by atoms with E-state index >= 15 is 0 Å². The molecule has 0 aliphatic rings. The monoisotopic (exact) mass is 458 g/mol. The van der Waals surface area contributed by atoms with E-state index in [4.69, 9.17) is 5.11 Å². The highest BCUT2D eigenvalue weighted by Crippen LogP contribution is 2.31. The number of aliphatic carboxylic acids is 1. The summed E-state index contributed by atoms with van der Waals surface area (Å²) >= 11 is 1.41. The molecule has 0 unspecified atom stereocenters. The molecule has 0 fully saturated rings. The van der Waals surface area contributed by atoms with Crippen LogP contribution in [0.3, 0.4) is 0 Å². The van der Waals surface area contributed by atoms with E-state index in [1.165, 1.54) is 24.0 Å². The number of fused-ring (bicyclic) bond motifs is 1. The number of nitrogens with zero attached hydrogens (tertiary/aromatic N) is 4. The summed E-state index contributed by atoms with van der Waals surface area (Å²) in [5.41, 5.74) is 0.874. The van der Waals surface area contributed by atoms with E-state index in [-0.39, 0.29) is 22.8 Å². The zero-order valence-electron chi connectivity index (χ0n) is 17.4. The number of sulfone groups is 1. The molecule has 1 N–H and O–H groups in total. The van der Waals surface area contributed by atoms with Crippen molar-refractivity contribution in [2.24, 2.45) is 0 Å². The second-order valence-electron chi connectivity index (χ2n) is 7.46. The fraction of sp³-hybridized carbons (Fsp3) is 0.333. The van der Waals surface area contributed by atoms with Crippen LogP contribution in [0.25, 0.3) is 17.0 Å². The van der Waals surface area contributed by atoms with Crippen molar-refractivity contribution in [3.8, 4) is 17.5 Å². The van der Waals surface area contributed by atoms with Gasteiger partial charge in [0.2, 0.25) is 0 Å². The fourth-order valence-electron chi connectivity index (χ4n) is 2.86. The molecular formula is C21H22N4O4S2. The average Bonchev–Trinajstić information content (AvgIpc) is 3.16. The van der Waals surface area contributed by atoms with Crippen LogP contribution in [-0.2, 0) is 20.0 Å². The Morgan fingerprint density at radius 2 is 2.10 bits per heavy atom. The van der Waals surface area contributed by atoms with E-state index in [1.807, 2.05) is 12.1 Å². The topological polar surface area (TPSA) is 125 Å². The summed E-state index contributed by atoms with van der Waals surface area (Å²) in [6.45, 7) is 4.98. The van der Waals surface area contributed by atoms with E-state index < -0.39 is 21.2 Å². The van der Waals surface area contributed by atoms with Crippen LogP contribution < -0.4 is 0 Å². The van der Waals surface area contributed by atoms with Gasteiger partial charge in [0, 0.05) is 29.2 Å². The molecule has 31 heavy (non-hydrogen) atoms. The first-order valence-corrected chi connectivity index (χ1v) is 12.2. The van der Waals surface area contributed by atoms with Crippen molar-refractivity contribution >= 4 is 33.2 Å². The standard InChI is InChI=1S/C21H22N4O4S2/c1-4-31(28,29)17-9-14(21(2,3)13-22)11-23-20(17)16-12-25-7-5-15(10-18(25)24-16)30-8-6-19(26)27/h5,7,9-12H,4,6,8H2,1-3H3,(H,26,27). The third kappa shape index (κ3) is 4.89. The second-order valence-corrected chi connectivity index (χ2v) is 10.9. The van der Waals surface area contributed by atoms with Crippen LogP contribution >= 0.6 is 11.8 Å². The molecule has 10 heteroatoms. The van der Waals surface area contributed by atoms with Gasteiger partial charge in [-0.05, 0) is 37.6 Å². The molecule has 3 rings (SSSR count). The van der Waals surface area contributed by atoms with Gasteiger partial charge in [0.15, 0.2) is 9.84 Å². The first kappa shape index (κ1) is 22.8. The zero-order chi connectivity index (χ0) is 22.8. The maximum Gasteiger partial charge on any atom is 0.304 e. The Morgan fingerprint density at radius 3 is 2.74 bits per heavy atom. The van der Waals surface area contributed by atoms with Crippen molar-refractivity contribution in [2.75, 3.05) is 11.5 Å². The molecule has 0 amide bonds. The molecule has 8 nitrogen and oxygen atoms in total. The number of imidazole rings is 1. The minimum absolute atomic E-state index is 0.0512. The number of pyridine rings is 2. The van der Waals surface area contributed by atoms with Crippen LogP contribution in [0.2, 0.25) is 0 Å². The molecule has 0 aromatic carbocycles. The largest absolute Gasteiger partial charge is 0.481 e. The number of thioether (sulfide) groups is 1. The zero-order valence-corrected chi connectivity index (χ0v) is 19.0. The molecule has 0 atom stereocenters. The predicted octanol–water partition coefficient (Wildman–Crippen LogP) is 3.56. The lowest BCUT2D eigenvalue weighted by atomic mass is 9.87. The second kappa shape index (κ2) is 8.69. The van der Waals surface area contributed by atoms with Gasteiger partial charge in [-0.1, -0.05) is 6.92 Å². The van der Waals surface area contributed by atoms with Crippen LogP contribution in [0.1, 0.15) is 32.8 Å². The van der Waals surface area contributed by atoms with Gasteiger partial charge in [0.1, 0.15) is 17.0 Å². The summed E-state index contributed by atoms with van der Waals surface area (Å²) in [5.74, 6) is -0.513. The number of nitriles is 1. The van der Waals surface area contributed by atoms with Gasteiger partial charge in [-0.15, -0.1) is 11.8 Å². The van der Waals surface area contributed by atoms with E-state index in [2.05, 4.69) is 16.0 Å². The number of aromatic nitrogens is 3. The molecule has 0 aliphatic heterocycles. The Balaban J connectivity index is 2.07. The van der Waals surface area contributed by atoms with Gasteiger partial charge in [-0.2, -0.15) is 5.26 Å². The Kier molecular flexibility index (Phi) is 6.38. The molecule has 3 aromatic rings. The number of carboxylic acid groups (broad SMARTS) is 1. The summed E-state index contributed by atoms with van der Waals surface area (Å²) in [5, 5.41) is 18.2. The predicted molar refractivity (Wildman–Crippen MR) is 118 cm³/mol. The molecule has 0 saturated heterocycles. The van der Waals surface area contributed by atoms with E-state index in [0.29, 0.717) is 22.7 Å². The summed E-state index contributed by atoms with van der Waals surface area (Å²) in [4.78, 5) is 20.6. The lowest BCUT2D eigenvalue weighted by molar-refractivity contribution is -0.136. The maximum atomic E-state index is 12.8. The van der Waals surface area contributed by atoms with Crippen LogP contribution in [0.4, 0.5) is 0 Å². The Bertz CT molecular complexity index is 1290. The Hall–Kier alpha value is -2.90. The lowest BCUT2D eigenvalue weighted by Gasteiger charge is -2.17. The van der Waals surface area contributed by atoms with Crippen molar-refractivity contribution in [1.82, 2.24) is 14.4 Å². The van der Waals surface area contributed by atoms with Crippen LogP contribution in [-0.4, -0.2) is 45.4 Å². The Labute approximate surface area is 184 Å². The van der Waals surface area contributed by atoms with Gasteiger partial charge in [-0.3, -0.25) is 9.78 Å². The SMILES string of the molecule is CCS(=O)(=O)c1cc(C(C)(C)C#N)cnc1-c1cn2ccc(SCCC(=O)O)cc2n1. The fourth-order valence-corrected chi connectivity index (χ4v) is 4.79. The maximum absolute atomic E-state index is 12.8. The van der Waals surface area contributed by atoms with Crippen molar-refractivity contribution < 1.29 is 18.3 Å². The van der Waals surface area contributed by atoms with Crippen molar-refractivity contribution in [3.63, 3.8) is 0 Å². The van der Waals surface area contributed by atoms with Gasteiger partial charge >= 0.3 is 5.97 Å². The van der Waals surface area contributed by atoms with Gasteiger partial charge < -0.3 is 9.51 Å².